The van der Waals surface area contributed by atoms with Gasteiger partial charge in [-0.3, -0.25) is 14.9 Å². The van der Waals surface area contributed by atoms with Crippen LogP contribution in [0.2, 0.25) is 5.02 Å². The van der Waals surface area contributed by atoms with E-state index in [-0.39, 0.29) is 18.9 Å². The molecule has 0 aliphatic rings. The SMILES string of the molecule is O=C(Cc1ccccc1)NC/C=N/OC(=O)Nc1cccc(Cl)c1. The second-order valence-corrected chi connectivity index (χ2v) is 5.20. The van der Waals surface area contributed by atoms with Crippen molar-refractivity contribution in [1.29, 1.82) is 0 Å². The fourth-order valence-corrected chi connectivity index (χ4v) is 2.02. The summed E-state index contributed by atoms with van der Waals surface area (Å²) in [7, 11) is 0. The molecule has 124 valence electrons. The van der Waals surface area contributed by atoms with E-state index in [0.717, 1.165) is 5.56 Å². The maximum atomic E-state index is 11.7. The molecule has 2 amide bonds. The van der Waals surface area contributed by atoms with Crippen LogP contribution < -0.4 is 10.6 Å². The van der Waals surface area contributed by atoms with E-state index in [9.17, 15) is 9.59 Å². The average molecular weight is 346 g/mol. The molecular formula is C17H16ClN3O3. The van der Waals surface area contributed by atoms with Crippen LogP contribution in [-0.4, -0.2) is 24.8 Å². The van der Waals surface area contributed by atoms with E-state index >= 15 is 0 Å². The Morgan fingerprint density at radius 2 is 1.92 bits per heavy atom. The predicted octanol–water partition coefficient (Wildman–Crippen LogP) is 3.23. The van der Waals surface area contributed by atoms with Crippen molar-refractivity contribution < 1.29 is 14.4 Å². The Hall–Kier alpha value is -2.86. The van der Waals surface area contributed by atoms with Gasteiger partial charge in [0.1, 0.15) is 0 Å². The Labute approximate surface area is 144 Å². The molecule has 0 atom stereocenters. The second-order valence-electron chi connectivity index (χ2n) is 4.77. The number of carbonyl (C=O) groups excluding carboxylic acids is 2. The van der Waals surface area contributed by atoms with Crippen molar-refractivity contribution in [3.8, 4) is 0 Å². The first kappa shape index (κ1) is 17.5. The van der Waals surface area contributed by atoms with Gasteiger partial charge in [0.05, 0.1) is 19.2 Å². The van der Waals surface area contributed by atoms with E-state index in [1.54, 1.807) is 24.3 Å². The lowest BCUT2D eigenvalue weighted by molar-refractivity contribution is -0.120. The zero-order chi connectivity index (χ0) is 17.2. The Morgan fingerprint density at radius 3 is 2.67 bits per heavy atom. The molecule has 0 aliphatic carbocycles. The van der Waals surface area contributed by atoms with Gasteiger partial charge in [-0.1, -0.05) is 53.2 Å². The Bertz CT molecular complexity index is 720. The van der Waals surface area contributed by atoms with Crippen molar-refractivity contribution in [1.82, 2.24) is 5.32 Å². The molecule has 0 heterocycles. The molecular weight excluding hydrogens is 330 g/mol. The summed E-state index contributed by atoms with van der Waals surface area (Å²) < 4.78 is 0. The number of nitrogens with one attached hydrogen (secondary N) is 2. The molecule has 2 rings (SSSR count). The van der Waals surface area contributed by atoms with Gasteiger partial charge in [0.2, 0.25) is 5.91 Å². The molecule has 0 aliphatic heterocycles. The Morgan fingerprint density at radius 1 is 1.12 bits per heavy atom. The van der Waals surface area contributed by atoms with Gasteiger partial charge in [0, 0.05) is 10.7 Å². The van der Waals surface area contributed by atoms with Crippen LogP contribution >= 0.6 is 11.6 Å². The lowest BCUT2D eigenvalue weighted by atomic mass is 10.1. The van der Waals surface area contributed by atoms with Gasteiger partial charge in [-0.05, 0) is 23.8 Å². The second kappa shape index (κ2) is 9.32. The number of carbonyl (C=O) groups is 2. The van der Waals surface area contributed by atoms with Crippen LogP contribution in [0.25, 0.3) is 0 Å². The maximum absolute atomic E-state index is 11.7. The number of amides is 2. The quantitative estimate of drug-likeness (QED) is 0.479. The molecule has 0 spiro atoms. The number of oxime groups is 1. The molecule has 0 saturated carbocycles. The van der Waals surface area contributed by atoms with Crippen molar-refractivity contribution in [2.24, 2.45) is 5.16 Å². The predicted molar refractivity (Wildman–Crippen MR) is 93.2 cm³/mol. The van der Waals surface area contributed by atoms with Crippen molar-refractivity contribution in [3.05, 3.63) is 65.2 Å². The third-order valence-electron chi connectivity index (χ3n) is 2.88. The number of nitrogens with zero attached hydrogens (tertiary/aromatic N) is 1. The van der Waals surface area contributed by atoms with E-state index in [4.69, 9.17) is 11.6 Å². The lowest BCUT2D eigenvalue weighted by Gasteiger charge is -2.03. The molecule has 0 saturated heterocycles. The molecule has 7 heteroatoms. The van der Waals surface area contributed by atoms with Crippen LogP contribution in [0.5, 0.6) is 0 Å². The first-order valence-electron chi connectivity index (χ1n) is 7.19. The monoisotopic (exact) mass is 345 g/mol. The lowest BCUT2D eigenvalue weighted by Crippen LogP contribution is -2.26. The number of benzene rings is 2. The van der Waals surface area contributed by atoms with Gasteiger partial charge in [0.15, 0.2) is 0 Å². The summed E-state index contributed by atoms with van der Waals surface area (Å²) in [4.78, 5) is 27.8. The van der Waals surface area contributed by atoms with Crippen molar-refractivity contribution in [2.45, 2.75) is 6.42 Å². The summed E-state index contributed by atoms with van der Waals surface area (Å²) in [5, 5.41) is 9.09. The molecule has 0 fully saturated rings. The van der Waals surface area contributed by atoms with Crippen LogP contribution in [0.3, 0.4) is 0 Å². The summed E-state index contributed by atoms with van der Waals surface area (Å²) >= 11 is 5.80. The zero-order valence-electron chi connectivity index (χ0n) is 12.7. The highest BCUT2D eigenvalue weighted by atomic mass is 35.5. The highest BCUT2D eigenvalue weighted by Crippen LogP contribution is 2.14. The molecule has 0 radical (unpaired) electrons. The van der Waals surface area contributed by atoms with Crippen LogP contribution in [0.4, 0.5) is 10.5 Å². The van der Waals surface area contributed by atoms with Gasteiger partial charge in [-0.2, -0.15) is 0 Å². The summed E-state index contributed by atoms with van der Waals surface area (Å²) in [5.41, 5.74) is 1.42. The minimum absolute atomic E-state index is 0.143. The van der Waals surface area contributed by atoms with Gasteiger partial charge < -0.3 is 5.32 Å². The molecule has 0 unspecified atom stereocenters. The highest BCUT2D eigenvalue weighted by Gasteiger charge is 2.03. The summed E-state index contributed by atoms with van der Waals surface area (Å²) in [6.45, 7) is 0.163. The summed E-state index contributed by atoms with van der Waals surface area (Å²) in [6.07, 6.45) is 0.828. The van der Waals surface area contributed by atoms with E-state index in [2.05, 4.69) is 20.6 Å². The molecule has 0 aromatic heterocycles. The van der Waals surface area contributed by atoms with E-state index in [1.807, 2.05) is 30.3 Å². The highest BCUT2D eigenvalue weighted by molar-refractivity contribution is 6.30. The fourth-order valence-electron chi connectivity index (χ4n) is 1.83. The Balaban J connectivity index is 1.65. The minimum atomic E-state index is -0.746. The molecule has 2 N–H and O–H groups in total. The third-order valence-corrected chi connectivity index (χ3v) is 3.11. The average Bonchev–Trinajstić information content (AvgIpc) is 2.55. The van der Waals surface area contributed by atoms with E-state index < -0.39 is 6.09 Å². The summed E-state index contributed by atoms with van der Waals surface area (Å²) in [6, 6.07) is 16.0. The molecule has 0 bridgehead atoms. The first-order valence-corrected chi connectivity index (χ1v) is 7.57. The van der Waals surface area contributed by atoms with E-state index in [0.29, 0.717) is 10.7 Å². The van der Waals surface area contributed by atoms with Crippen LogP contribution in [0.15, 0.2) is 59.8 Å². The number of hydrogen-bond acceptors (Lipinski definition) is 4. The van der Waals surface area contributed by atoms with Crippen molar-refractivity contribution >= 4 is 35.5 Å². The first-order chi connectivity index (χ1) is 11.6. The van der Waals surface area contributed by atoms with Crippen LogP contribution in [0, 0.1) is 0 Å². The molecule has 2 aromatic rings. The maximum Gasteiger partial charge on any atom is 0.437 e. The van der Waals surface area contributed by atoms with E-state index in [1.165, 1.54) is 6.21 Å². The fraction of sp³-hybridized carbons (Fsp3) is 0.118. The van der Waals surface area contributed by atoms with Gasteiger partial charge in [-0.25, -0.2) is 4.79 Å². The smallest absolute Gasteiger partial charge is 0.351 e. The van der Waals surface area contributed by atoms with Crippen molar-refractivity contribution in [3.63, 3.8) is 0 Å². The normalized spacial score (nSPS) is 10.4. The van der Waals surface area contributed by atoms with Gasteiger partial charge in [-0.15, -0.1) is 0 Å². The van der Waals surface area contributed by atoms with Crippen molar-refractivity contribution in [2.75, 3.05) is 11.9 Å². The third kappa shape index (κ3) is 6.50. The standard InChI is InChI=1S/C17H16ClN3O3/c18-14-7-4-8-15(12-14)21-17(23)24-20-10-9-19-16(22)11-13-5-2-1-3-6-13/h1-8,10,12H,9,11H2,(H,19,22)(H,21,23)/b20-10+. The number of halogens is 1. The van der Waals surface area contributed by atoms with Gasteiger partial charge >= 0.3 is 6.09 Å². The van der Waals surface area contributed by atoms with Crippen LogP contribution in [0.1, 0.15) is 5.56 Å². The topological polar surface area (TPSA) is 79.8 Å². The van der Waals surface area contributed by atoms with Gasteiger partial charge in [0.25, 0.3) is 0 Å². The number of hydrogen-bond donors (Lipinski definition) is 2. The zero-order valence-corrected chi connectivity index (χ0v) is 13.5. The molecule has 24 heavy (non-hydrogen) atoms. The Kier molecular flexibility index (Phi) is 6.79. The number of rotatable bonds is 6. The van der Waals surface area contributed by atoms with Crippen LogP contribution in [-0.2, 0) is 16.1 Å². The minimum Gasteiger partial charge on any atom is -0.351 e. The number of anilines is 1. The summed E-state index contributed by atoms with van der Waals surface area (Å²) in [5.74, 6) is -0.143. The molecule has 6 nitrogen and oxygen atoms in total. The largest absolute Gasteiger partial charge is 0.437 e. The molecule has 2 aromatic carbocycles.